The van der Waals surface area contributed by atoms with Gasteiger partial charge >= 0.3 is 6.09 Å². The predicted molar refractivity (Wildman–Crippen MR) is 115 cm³/mol. The maximum absolute atomic E-state index is 13.1. The monoisotopic (exact) mass is 402 g/mol. The average molecular weight is 402 g/mol. The van der Waals surface area contributed by atoms with Crippen molar-refractivity contribution in [2.75, 3.05) is 13.2 Å². The summed E-state index contributed by atoms with van der Waals surface area (Å²) < 4.78 is 5.94. The third-order valence-corrected chi connectivity index (χ3v) is 7.02. The maximum atomic E-state index is 13.1. The number of azide groups is 1. The molecule has 2 unspecified atom stereocenters. The summed E-state index contributed by atoms with van der Waals surface area (Å²) in [4.78, 5) is 18.0. The number of amides is 1. The number of piperidine rings is 2. The highest BCUT2D eigenvalue weighted by Crippen LogP contribution is 2.45. The second-order valence-electron chi connectivity index (χ2n) is 8.70. The van der Waals surface area contributed by atoms with E-state index in [0.29, 0.717) is 19.1 Å². The second-order valence-corrected chi connectivity index (χ2v) is 8.70. The Bertz CT molecular complexity index is 941. The molecule has 0 N–H and O–H groups in total. The molecule has 2 bridgehead atoms. The van der Waals surface area contributed by atoms with Crippen molar-refractivity contribution in [2.45, 2.75) is 50.1 Å². The first-order chi connectivity index (χ1) is 14.8. The van der Waals surface area contributed by atoms with E-state index in [4.69, 9.17) is 10.3 Å². The van der Waals surface area contributed by atoms with Crippen LogP contribution in [0.1, 0.15) is 49.1 Å². The zero-order chi connectivity index (χ0) is 20.5. The SMILES string of the molecule is [N-]=[N+]=NCC1CC2CCCC(C1)N2C(=O)OCC1c2ccccc2-c2ccccc21. The number of carbonyl (C=O) groups excluding carboxylic acids is 1. The third-order valence-electron chi connectivity index (χ3n) is 7.02. The van der Waals surface area contributed by atoms with Crippen molar-refractivity contribution in [2.24, 2.45) is 11.0 Å². The molecule has 0 saturated carbocycles. The Morgan fingerprint density at radius 3 is 2.23 bits per heavy atom. The summed E-state index contributed by atoms with van der Waals surface area (Å²) in [7, 11) is 0. The Morgan fingerprint density at radius 2 is 1.63 bits per heavy atom. The lowest BCUT2D eigenvalue weighted by Gasteiger charge is -2.48. The molecular weight excluding hydrogens is 376 g/mol. The van der Waals surface area contributed by atoms with E-state index < -0.39 is 0 Å². The van der Waals surface area contributed by atoms with Gasteiger partial charge in [0.1, 0.15) is 6.61 Å². The topological polar surface area (TPSA) is 78.3 Å². The molecule has 0 radical (unpaired) electrons. The van der Waals surface area contributed by atoms with E-state index in [1.54, 1.807) is 0 Å². The zero-order valence-corrected chi connectivity index (χ0v) is 17.0. The van der Waals surface area contributed by atoms with Crippen LogP contribution in [0, 0.1) is 5.92 Å². The van der Waals surface area contributed by atoms with E-state index in [1.165, 1.54) is 22.3 Å². The minimum Gasteiger partial charge on any atom is -0.448 e. The number of hydrogen-bond donors (Lipinski definition) is 0. The van der Waals surface area contributed by atoms with Crippen LogP contribution in [0.25, 0.3) is 21.6 Å². The Kier molecular flexibility index (Phi) is 5.09. The van der Waals surface area contributed by atoms with Crippen molar-refractivity contribution in [3.8, 4) is 11.1 Å². The van der Waals surface area contributed by atoms with Gasteiger partial charge in [-0.05, 0) is 65.8 Å². The minimum atomic E-state index is -0.186. The van der Waals surface area contributed by atoms with Gasteiger partial charge in [0.25, 0.3) is 0 Å². The van der Waals surface area contributed by atoms with Crippen LogP contribution >= 0.6 is 0 Å². The Morgan fingerprint density at radius 1 is 1.03 bits per heavy atom. The molecule has 6 nitrogen and oxygen atoms in total. The third kappa shape index (κ3) is 3.31. The standard InChI is InChI=1S/C24H26N4O2/c25-27-26-14-16-12-17-6-5-7-18(13-16)28(17)24(29)30-15-23-21-10-3-1-8-19(21)20-9-2-4-11-22(20)23/h1-4,8-11,16-18,23H,5-7,12-15H2. The summed E-state index contributed by atoms with van der Waals surface area (Å²) in [5.74, 6) is 0.456. The summed E-state index contributed by atoms with van der Waals surface area (Å²) in [6.45, 7) is 0.896. The number of ether oxygens (including phenoxy) is 1. The maximum Gasteiger partial charge on any atom is 0.410 e. The molecule has 2 aromatic carbocycles. The van der Waals surface area contributed by atoms with Crippen LogP contribution in [0.3, 0.4) is 0 Å². The fourth-order valence-electron chi connectivity index (χ4n) is 5.76. The highest BCUT2D eigenvalue weighted by atomic mass is 16.6. The number of benzene rings is 2. The van der Waals surface area contributed by atoms with Gasteiger partial charge in [0.05, 0.1) is 0 Å². The Hall–Kier alpha value is -2.98. The van der Waals surface area contributed by atoms with Crippen LogP contribution in [0.15, 0.2) is 53.6 Å². The van der Waals surface area contributed by atoms with Gasteiger partial charge < -0.3 is 9.64 Å². The van der Waals surface area contributed by atoms with Crippen molar-refractivity contribution in [3.05, 3.63) is 70.1 Å². The van der Waals surface area contributed by atoms with E-state index >= 15 is 0 Å². The molecule has 2 saturated heterocycles. The van der Waals surface area contributed by atoms with Crippen molar-refractivity contribution >= 4 is 6.09 Å². The van der Waals surface area contributed by atoms with Gasteiger partial charge in [-0.25, -0.2) is 4.79 Å². The molecule has 3 aliphatic rings. The van der Waals surface area contributed by atoms with Crippen LogP contribution in [-0.4, -0.2) is 36.2 Å². The fraction of sp³-hybridized carbons (Fsp3) is 0.458. The molecule has 6 heteroatoms. The molecule has 2 aromatic rings. The number of hydrogen-bond acceptors (Lipinski definition) is 3. The van der Waals surface area contributed by atoms with Crippen LogP contribution in [0.2, 0.25) is 0 Å². The fourth-order valence-corrected chi connectivity index (χ4v) is 5.76. The summed E-state index contributed by atoms with van der Waals surface area (Å²) in [6, 6.07) is 17.2. The highest BCUT2D eigenvalue weighted by Gasteiger charge is 2.41. The van der Waals surface area contributed by atoms with Crippen molar-refractivity contribution < 1.29 is 9.53 Å². The quantitative estimate of drug-likeness (QED) is 0.364. The van der Waals surface area contributed by atoms with E-state index in [9.17, 15) is 4.79 Å². The molecule has 30 heavy (non-hydrogen) atoms. The van der Waals surface area contributed by atoms with Gasteiger partial charge in [-0.1, -0.05) is 53.6 Å². The summed E-state index contributed by atoms with van der Waals surface area (Å²) in [6.07, 6.45) is 4.78. The van der Waals surface area contributed by atoms with Crippen LogP contribution in [-0.2, 0) is 4.74 Å². The van der Waals surface area contributed by atoms with E-state index in [-0.39, 0.29) is 24.1 Å². The van der Waals surface area contributed by atoms with Gasteiger partial charge in [0.15, 0.2) is 0 Å². The first-order valence-corrected chi connectivity index (χ1v) is 10.9. The number of rotatable bonds is 4. The largest absolute Gasteiger partial charge is 0.448 e. The molecule has 2 atom stereocenters. The first kappa shape index (κ1) is 19.0. The Balaban J connectivity index is 1.30. The van der Waals surface area contributed by atoms with E-state index in [0.717, 1.165) is 32.1 Å². The Labute approximate surface area is 176 Å². The molecule has 1 amide bonds. The van der Waals surface area contributed by atoms with Crippen LogP contribution < -0.4 is 0 Å². The summed E-state index contributed by atoms with van der Waals surface area (Å²) in [5.41, 5.74) is 13.6. The summed E-state index contributed by atoms with van der Waals surface area (Å²) in [5, 5.41) is 3.77. The predicted octanol–water partition coefficient (Wildman–Crippen LogP) is 5.88. The van der Waals surface area contributed by atoms with Gasteiger partial charge in [-0.2, -0.15) is 0 Å². The lowest BCUT2D eigenvalue weighted by molar-refractivity contribution is 0.00652. The molecular formula is C24H26N4O2. The van der Waals surface area contributed by atoms with Crippen LogP contribution in [0.4, 0.5) is 4.79 Å². The van der Waals surface area contributed by atoms with E-state index in [1.807, 2.05) is 4.90 Å². The van der Waals surface area contributed by atoms with E-state index in [2.05, 4.69) is 58.6 Å². The number of nitrogens with zero attached hydrogens (tertiary/aromatic N) is 4. The zero-order valence-electron chi connectivity index (χ0n) is 17.0. The molecule has 0 spiro atoms. The van der Waals surface area contributed by atoms with Crippen molar-refractivity contribution in [1.29, 1.82) is 0 Å². The van der Waals surface area contributed by atoms with Crippen LogP contribution in [0.5, 0.6) is 0 Å². The second kappa shape index (κ2) is 8.04. The number of fused-ring (bicyclic) bond motifs is 5. The van der Waals surface area contributed by atoms with Gasteiger partial charge in [0.2, 0.25) is 0 Å². The molecule has 1 aliphatic carbocycles. The minimum absolute atomic E-state index is 0.0868. The van der Waals surface area contributed by atoms with Gasteiger partial charge in [-0.3, -0.25) is 0 Å². The van der Waals surface area contributed by atoms with Gasteiger partial charge in [-0.15, -0.1) is 0 Å². The first-order valence-electron chi connectivity index (χ1n) is 10.9. The average Bonchev–Trinajstić information content (AvgIpc) is 3.09. The van der Waals surface area contributed by atoms with Crippen molar-refractivity contribution in [1.82, 2.24) is 4.90 Å². The highest BCUT2D eigenvalue weighted by molar-refractivity contribution is 5.79. The molecule has 0 aromatic heterocycles. The summed E-state index contributed by atoms with van der Waals surface area (Å²) >= 11 is 0. The van der Waals surface area contributed by atoms with Gasteiger partial charge in [0, 0.05) is 29.5 Å². The molecule has 5 rings (SSSR count). The lowest BCUT2D eigenvalue weighted by atomic mass is 9.78. The normalized spacial score (nSPS) is 24.5. The lowest BCUT2D eigenvalue weighted by Crippen LogP contribution is -2.55. The molecule has 154 valence electrons. The molecule has 2 aliphatic heterocycles. The smallest absolute Gasteiger partial charge is 0.410 e. The number of carbonyl (C=O) groups is 1. The van der Waals surface area contributed by atoms with Crippen molar-refractivity contribution in [3.63, 3.8) is 0 Å². The molecule has 2 heterocycles. The molecule has 2 fully saturated rings.